The maximum absolute atomic E-state index is 12.1. The van der Waals surface area contributed by atoms with Crippen LogP contribution in [-0.2, 0) is 14.8 Å². The second kappa shape index (κ2) is 7.31. The summed E-state index contributed by atoms with van der Waals surface area (Å²) in [7, 11) is -3.29. The molecule has 0 spiro atoms. The predicted molar refractivity (Wildman–Crippen MR) is 66.3 cm³/mol. The molecule has 0 radical (unpaired) electrons. The zero-order valence-corrected chi connectivity index (χ0v) is 11.3. The summed E-state index contributed by atoms with van der Waals surface area (Å²) < 4.78 is 31.0. The van der Waals surface area contributed by atoms with Gasteiger partial charge in [-0.3, -0.25) is 0 Å². The van der Waals surface area contributed by atoms with Gasteiger partial charge in [-0.25, -0.2) is 8.42 Å². The highest BCUT2D eigenvalue weighted by atomic mass is 32.2. The van der Waals surface area contributed by atoms with Gasteiger partial charge in [-0.1, -0.05) is 13.3 Å². The molecule has 0 aromatic rings. The Balaban J connectivity index is 2.55. The van der Waals surface area contributed by atoms with Crippen molar-refractivity contribution in [3.05, 3.63) is 0 Å². The van der Waals surface area contributed by atoms with Crippen LogP contribution in [0.3, 0.4) is 0 Å². The topological polar surface area (TPSA) is 66.8 Å². The van der Waals surface area contributed by atoms with Gasteiger partial charge in [-0.15, -0.1) is 0 Å². The molecule has 0 aliphatic carbocycles. The average molecular weight is 265 g/mol. The highest BCUT2D eigenvalue weighted by Crippen LogP contribution is 2.16. The molecule has 1 aliphatic rings. The molecule has 0 amide bonds. The molecule has 0 bridgehead atoms. The fourth-order valence-corrected chi connectivity index (χ4v) is 3.66. The lowest BCUT2D eigenvalue weighted by Gasteiger charge is -2.22. The highest BCUT2D eigenvalue weighted by Gasteiger charge is 2.27. The number of unbranched alkanes of at least 4 members (excludes halogenated alkanes) is 1. The summed E-state index contributed by atoms with van der Waals surface area (Å²) in [4.78, 5) is 0. The van der Waals surface area contributed by atoms with Gasteiger partial charge in [-0.2, -0.15) is 4.31 Å². The second-order valence-corrected chi connectivity index (χ2v) is 6.40. The van der Waals surface area contributed by atoms with E-state index in [1.165, 1.54) is 4.31 Å². The number of aliphatic hydroxyl groups is 1. The van der Waals surface area contributed by atoms with E-state index in [1.807, 2.05) is 6.92 Å². The van der Waals surface area contributed by atoms with E-state index < -0.39 is 10.0 Å². The normalized spacial score (nSPS) is 21.2. The van der Waals surface area contributed by atoms with Crippen LogP contribution < -0.4 is 0 Å². The van der Waals surface area contributed by atoms with Crippen molar-refractivity contribution in [2.75, 3.05) is 32.1 Å². The van der Waals surface area contributed by atoms with Crippen molar-refractivity contribution in [2.45, 2.75) is 38.7 Å². The number of nitrogens with zero attached hydrogens (tertiary/aromatic N) is 1. The largest absolute Gasteiger partial charge is 0.395 e. The Labute approximate surface area is 104 Å². The highest BCUT2D eigenvalue weighted by molar-refractivity contribution is 7.89. The Bertz CT molecular complexity index is 299. The van der Waals surface area contributed by atoms with Crippen molar-refractivity contribution in [1.29, 1.82) is 0 Å². The fraction of sp³-hybridized carbons (Fsp3) is 1.00. The molecule has 102 valence electrons. The summed E-state index contributed by atoms with van der Waals surface area (Å²) in [5.41, 5.74) is 0. The van der Waals surface area contributed by atoms with Crippen LogP contribution in [0.15, 0.2) is 0 Å². The molecule has 6 heteroatoms. The predicted octanol–water partition coefficient (Wildman–Crippen LogP) is 0.590. The number of hydrogen-bond donors (Lipinski definition) is 1. The molecule has 17 heavy (non-hydrogen) atoms. The Morgan fingerprint density at radius 3 is 2.71 bits per heavy atom. The average Bonchev–Trinajstić information content (AvgIpc) is 2.75. The molecule has 5 nitrogen and oxygen atoms in total. The third-order valence-electron chi connectivity index (χ3n) is 2.92. The van der Waals surface area contributed by atoms with Crippen LogP contribution in [0.5, 0.6) is 0 Å². The molecule has 1 saturated heterocycles. The van der Waals surface area contributed by atoms with Gasteiger partial charge in [0, 0.05) is 19.7 Å². The minimum atomic E-state index is -3.29. The molecule has 1 N–H and O–H groups in total. The van der Waals surface area contributed by atoms with Crippen molar-refractivity contribution in [2.24, 2.45) is 0 Å². The van der Waals surface area contributed by atoms with E-state index in [2.05, 4.69) is 0 Å². The van der Waals surface area contributed by atoms with Gasteiger partial charge in [0.1, 0.15) is 0 Å². The molecule has 1 atom stereocenters. The van der Waals surface area contributed by atoms with Gasteiger partial charge < -0.3 is 9.84 Å². The van der Waals surface area contributed by atoms with Gasteiger partial charge in [0.2, 0.25) is 10.0 Å². The number of sulfonamides is 1. The van der Waals surface area contributed by atoms with Crippen LogP contribution in [-0.4, -0.2) is 56.0 Å². The summed E-state index contributed by atoms with van der Waals surface area (Å²) >= 11 is 0. The molecule has 1 unspecified atom stereocenters. The van der Waals surface area contributed by atoms with E-state index in [4.69, 9.17) is 9.84 Å². The fourth-order valence-electron chi connectivity index (χ4n) is 1.95. The minimum absolute atomic E-state index is 0.0523. The molecule has 1 rings (SSSR count). The van der Waals surface area contributed by atoms with Gasteiger partial charge >= 0.3 is 0 Å². The molecular formula is C11H23NO4S. The van der Waals surface area contributed by atoms with Crippen molar-refractivity contribution in [3.8, 4) is 0 Å². The van der Waals surface area contributed by atoms with Crippen LogP contribution in [0.2, 0.25) is 0 Å². The lowest BCUT2D eigenvalue weighted by Crippen LogP contribution is -2.39. The van der Waals surface area contributed by atoms with Crippen molar-refractivity contribution in [1.82, 2.24) is 4.31 Å². The molecule has 0 aromatic carbocycles. The van der Waals surface area contributed by atoms with E-state index in [-0.39, 0.29) is 25.0 Å². The monoisotopic (exact) mass is 265 g/mol. The second-order valence-electron chi connectivity index (χ2n) is 4.39. The molecule has 1 heterocycles. The summed E-state index contributed by atoms with van der Waals surface area (Å²) in [6.45, 7) is 3.23. The minimum Gasteiger partial charge on any atom is -0.395 e. The van der Waals surface area contributed by atoms with E-state index in [0.29, 0.717) is 13.2 Å². The van der Waals surface area contributed by atoms with Crippen LogP contribution in [0.1, 0.15) is 32.6 Å². The zero-order chi connectivity index (χ0) is 12.7. The number of ether oxygens (including phenoxy) is 1. The third-order valence-corrected chi connectivity index (χ3v) is 4.87. The lowest BCUT2D eigenvalue weighted by atomic mass is 10.3. The van der Waals surface area contributed by atoms with Crippen molar-refractivity contribution < 1.29 is 18.3 Å². The zero-order valence-electron chi connectivity index (χ0n) is 10.5. The van der Waals surface area contributed by atoms with Crippen LogP contribution in [0.25, 0.3) is 0 Å². The molecule has 1 aliphatic heterocycles. The summed E-state index contributed by atoms with van der Waals surface area (Å²) in [6.07, 6.45) is 3.36. The maximum atomic E-state index is 12.1. The lowest BCUT2D eigenvalue weighted by molar-refractivity contribution is 0.126. The Morgan fingerprint density at radius 2 is 2.18 bits per heavy atom. The SMILES string of the molecule is CCCCN(CCO)S(=O)(=O)CC1CCCO1. The van der Waals surface area contributed by atoms with E-state index in [0.717, 1.165) is 25.7 Å². The van der Waals surface area contributed by atoms with Crippen LogP contribution >= 0.6 is 0 Å². The van der Waals surface area contributed by atoms with Crippen molar-refractivity contribution >= 4 is 10.0 Å². The van der Waals surface area contributed by atoms with E-state index >= 15 is 0 Å². The van der Waals surface area contributed by atoms with Crippen LogP contribution in [0.4, 0.5) is 0 Å². The smallest absolute Gasteiger partial charge is 0.216 e. The standard InChI is InChI=1S/C11H23NO4S/c1-2-3-6-12(7-8-13)17(14,15)10-11-5-4-9-16-11/h11,13H,2-10H2,1H3. The quantitative estimate of drug-likeness (QED) is 0.697. The van der Waals surface area contributed by atoms with Gasteiger partial charge in [0.25, 0.3) is 0 Å². The Morgan fingerprint density at radius 1 is 1.41 bits per heavy atom. The first-order valence-electron chi connectivity index (χ1n) is 6.30. The molecular weight excluding hydrogens is 242 g/mol. The summed E-state index contributed by atoms with van der Waals surface area (Å²) in [5, 5.41) is 8.92. The summed E-state index contributed by atoms with van der Waals surface area (Å²) in [6, 6.07) is 0. The molecule has 1 fully saturated rings. The summed E-state index contributed by atoms with van der Waals surface area (Å²) in [5.74, 6) is 0.0523. The molecule has 0 aromatic heterocycles. The number of aliphatic hydroxyl groups excluding tert-OH is 1. The number of hydrogen-bond acceptors (Lipinski definition) is 4. The van der Waals surface area contributed by atoms with E-state index in [9.17, 15) is 8.42 Å². The van der Waals surface area contributed by atoms with Crippen LogP contribution in [0, 0.1) is 0 Å². The van der Waals surface area contributed by atoms with Gasteiger partial charge in [0.15, 0.2) is 0 Å². The molecule has 0 saturated carbocycles. The Hall–Kier alpha value is -0.170. The first-order valence-corrected chi connectivity index (χ1v) is 7.91. The Kier molecular flexibility index (Phi) is 6.40. The number of rotatable bonds is 8. The van der Waals surface area contributed by atoms with Crippen molar-refractivity contribution in [3.63, 3.8) is 0 Å². The first kappa shape index (κ1) is 14.9. The third kappa shape index (κ3) is 4.91. The maximum Gasteiger partial charge on any atom is 0.216 e. The van der Waals surface area contributed by atoms with Gasteiger partial charge in [-0.05, 0) is 19.3 Å². The van der Waals surface area contributed by atoms with Gasteiger partial charge in [0.05, 0.1) is 18.5 Å². The van der Waals surface area contributed by atoms with E-state index in [1.54, 1.807) is 0 Å². The first-order chi connectivity index (χ1) is 8.10.